The van der Waals surface area contributed by atoms with Crippen molar-refractivity contribution < 1.29 is 44.5 Å². The summed E-state index contributed by atoms with van der Waals surface area (Å²) < 4.78 is 16.3. The lowest BCUT2D eigenvalue weighted by atomic mass is 10.0. The molecule has 3 rings (SSSR count). The number of ether oxygens (including phenoxy) is 3. The largest absolute Gasteiger partial charge is 0.422 e. The Labute approximate surface area is 191 Å². The molecule has 1 saturated heterocycles. The van der Waals surface area contributed by atoms with Crippen LogP contribution < -0.4 is 4.74 Å². The van der Waals surface area contributed by atoms with Crippen molar-refractivity contribution in [3.63, 3.8) is 0 Å². The van der Waals surface area contributed by atoms with Crippen molar-refractivity contribution in [2.75, 3.05) is 19.8 Å². The average molecular weight is 468 g/mol. The molecule has 1 aromatic heterocycles. The van der Waals surface area contributed by atoms with Crippen LogP contribution in [0.25, 0.3) is 10.9 Å². The number of benzene rings is 1. The summed E-state index contributed by atoms with van der Waals surface area (Å²) in [5, 5.41) is 49.6. The van der Waals surface area contributed by atoms with E-state index in [1.165, 1.54) is 0 Å². The second kappa shape index (κ2) is 10.9. The maximum Gasteiger partial charge on any atom is 0.343 e. The van der Waals surface area contributed by atoms with Crippen LogP contribution >= 0.6 is 0 Å². The molecule has 1 aliphatic rings. The minimum atomic E-state index is -2.41. The highest BCUT2D eigenvalue weighted by Crippen LogP contribution is 2.35. The predicted molar refractivity (Wildman–Crippen MR) is 117 cm³/mol. The summed E-state index contributed by atoms with van der Waals surface area (Å²) >= 11 is 0. The van der Waals surface area contributed by atoms with Crippen molar-refractivity contribution in [1.29, 1.82) is 0 Å². The molecule has 0 aliphatic carbocycles. The summed E-state index contributed by atoms with van der Waals surface area (Å²) in [5.74, 6) is -2.72. The van der Waals surface area contributed by atoms with Crippen molar-refractivity contribution in [3.8, 4) is 5.75 Å². The van der Waals surface area contributed by atoms with Crippen LogP contribution in [0.1, 0.15) is 37.9 Å². The number of aromatic nitrogens is 1. The summed E-state index contributed by atoms with van der Waals surface area (Å²) in [5.41, 5.74) is 2.00. The number of carbonyl (C=O) groups excluding carboxylic acids is 1. The maximum absolute atomic E-state index is 13.0. The summed E-state index contributed by atoms with van der Waals surface area (Å²) in [6, 6.07) is 5.71. The molecule has 4 unspecified atom stereocenters. The van der Waals surface area contributed by atoms with Crippen LogP contribution in [0.4, 0.5) is 0 Å². The fourth-order valence-electron chi connectivity index (χ4n) is 3.82. The molecule has 2 aromatic rings. The van der Waals surface area contributed by atoms with Crippen LogP contribution in [0.3, 0.4) is 0 Å². The molecule has 0 spiro atoms. The second-order valence-electron chi connectivity index (χ2n) is 8.72. The number of hydrogen-bond donors (Lipinski definition) is 6. The van der Waals surface area contributed by atoms with Gasteiger partial charge in [0, 0.05) is 24.1 Å². The van der Waals surface area contributed by atoms with Crippen LogP contribution in [0.15, 0.2) is 18.2 Å². The molecule has 0 saturated carbocycles. The molecular weight excluding hydrogens is 434 g/mol. The lowest BCUT2D eigenvalue weighted by Crippen LogP contribution is -2.47. The topological polar surface area (TPSA) is 162 Å². The van der Waals surface area contributed by atoms with Gasteiger partial charge in [-0.3, -0.25) is 0 Å². The molecule has 33 heavy (non-hydrogen) atoms. The van der Waals surface area contributed by atoms with E-state index in [9.17, 15) is 25.2 Å². The van der Waals surface area contributed by atoms with Gasteiger partial charge in [-0.15, -0.1) is 0 Å². The van der Waals surface area contributed by atoms with Crippen molar-refractivity contribution in [3.05, 3.63) is 29.5 Å². The molecule has 4 atom stereocenters. The Hall–Kier alpha value is -2.05. The van der Waals surface area contributed by atoms with Gasteiger partial charge in [-0.2, -0.15) is 0 Å². The second-order valence-corrected chi connectivity index (χ2v) is 8.72. The molecule has 2 heterocycles. The normalized spacial score (nSPS) is 25.3. The van der Waals surface area contributed by atoms with Gasteiger partial charge in [0.1, 0.15) is 12.2 Å². The number of carbonyl (C=O) groups is 1. The molecule has 6 N–H and O–H groups in total. The summed E-state index contributed by atoms with van der Waals surface area (Å²) in [4.78, 5) is 16.1. The third-order valence-corrected chi connectivity index (χ3v) is 5.73. The van der Waals surface area contributed by atoms with E-state index in [-0.39, 0.29) is 31.1 Å². The van der Waals surface area contributed by atoms with Gasteiger partial charge in [-0.1, -0.05) is 19.9 Å². The first kappa shape index (κ1) is 25.6. The molecule has 1 fully saturated rings. The smallest absolute Gasteiger partial charge is 0.343 e. The molecular formula is C23H33NO9. The highest BCUT2D eigenvalue weighted by atomic mass is 16.7. The van der Waals surface area contributed by atoms with E-state index in [0.29, 0.717) is 16.8 Å². The van der Waals surface area contributed by atoms with Crippen LogP contribution in [0, 0.1) is 5.92 Å². The molecule has 10 nitrogen and oxygen atoms in total. The lowest BCUT2D eigenvalue weighted by Gasteiger charge is -2.23. The highest BCUT2D eigenvalue weighted by Gasteiger charge is 2.57. The number of fused-ring (bicyclic) bond motifs is 1. The Morgan fingerprint density at radius 3 is 2.67 bits per heavy atom. The number of aliphatic hydroxyl groups is 5. The van der Waals surface area contributed by atoms with Gasteiger partial charge in [-0.25, -0.2) is 4.79 Å². The first-order valence-corrected chi connectivity index (χ1v) is 11.1. The average Bonchev–Trinajstić information content (AvgIpc) is 3.27. The monoisotopic (exact) mass is 467 g/mol. The fourth-order valence-corrected chi connectivity index (χ4v) is 3.82. The van der Waals surface area contributed by atoms with E-state index in [0.717, 1.165) is 18.4 Å². The van der Waals surface area contributed by atoms with Gasteiger partial charge < -0.3 is 44.7 Å². The number of hydrogen-bond acceptors (Lipinski definition) is 9. The van der Waals surface area contributed by atoms with Crippen molar-refractivity contribution in [2.24, 2.45) is 5.92 Å². The summed E-state index contributed by atoms with van der Waals surface area (Å²) in [6.07, 6.45) is -2.54. The molecule has 184 valence electrons. The Morgan fingerprint density at radius 2 is 2.03 bits per heavy atom. The molecule has 1 aliphatic heterocycles. The van der Waals surface area contributed by atoms with Crippen LogP contribution in [0.2, 0.25) is 0 Å². The summed E-state index contributed by atoms with van der Waals surface area (Å²) in [6.45, 7) is 2.71. The number of esters is 1. The van der Waals surface area contributed by atoms with E-state index in [4.69, 9.17) is 19.3 Å². The van der Waals surface area contributed by atoms with Crippen LogP contribution in [0.5, 0.6) is 5.75 Å². The number of aliphatic hydroxyl groups excluding tert-OH is 4. The quantitative estimate of drug-likeness (QED) is 0.202. The zero-order chi connectivity index (χ0) is 24.2. The molecule has 0 radical (unpaired) electrons. The number of rotatable bonds is 11. The van der Waals surface area contributed by atoms with Gasteiger partial charge >= 0.3 is 5.97 Å². The van der Waals surface area contributed by atoms with Gasteiger partial charge in [0.25, 0.3) is 0 Å². The SMILES string of the molecule is CC(C)CCc1ccc2[nH]c(CO)c(OC(=O)C3OC(O)(CO)C(O)C3OCCCO)c2c1. The van der Waals surface area contributed by atoms with Crippen molar-refractivity contribution >= 4 is 16.9 Å². The number of nitrogens with one attached hydrogen (secondary N) is 1. The van der Waals surface area contributed by atoms with Gasteiger partial charge in [0.2, 0.25) is 5.79 Å². The van der Waals surface area contributed by atoms with E-state index in [2.05, 4.69) is 18.8 Å². The predicted octanol–water partition coefficient (Wildman–Crippen LogP) is 0.362. The van der Waals surface area contributed by atoms with Gasteiger partial charge in [0.15, 0.2) is 11.9 Å². The summed E-state index contributed by atoms with van der Waals surface area (Å²) in [7, 11) is 0. The van der Waals surface area contributed by atoms with E-state index >= 15 is 0 Å². The van der Waals surface area contributed by atoms with E-state index in [1.54, 1.807) is 0 Å². The van der Waals surface area contributed by atoms with E-state index < -0.39 is 43.3 Å². The Morgan fingerprint density at radius 1 is 1.27 bits per heavy atom. The third kappa shape index (κ3) is 5.55. The number of H-pyrrole nitrogens is 1. The van der Waals surface area contributed by atoms with Crippen LogP contribution in [-0.4, -0.2) is 80.4 Å². The molecule has 0 amide bonds. The number of aryl methyl sites for hydroxylation is 1. The lowest BCUT2D eigenvalue weighted by molar-refractivity contribution is -0.246. The molecule has 0 bridgehead atoms. The van der Waals surface area contributed by atoms with Gasteiger partial charge in [-0.05, 0) is 42.9 Å². The van der Waals surface area contributed by atoms with E-state index in [1.807, 2.05) is 18.2 Å². The van der Waals surface area contributed by atoms with Crippen molar-refractivity contribution in [1.82, 2.24) is 4.98 Å². The zero-order valence-electron chi connectivity index (χ0n) is 18.9. The maximum atomic E-state index is 13.0. The minimum Gasteiger partial charge on any atom is -0.422 e. The fraction of sp³-hybridized carbons (Fsp3) is 0.609. The van der Waals surface area contributed by atoms with Crippen LogP contribution in [-0.2, 0) is 27.3 Å². The van der Waals surface area contributed by atoms with Crippen molar-refractivity contribution in [2.45, 2.75) is 63.8 Å². The third-order valence-electron chi connectivity index (χ3n) is 5.73. The standard InChI is InChI=1S/C23H33NO9/c1-13(2)4-5-14-6-7-16-15(10-14)18(17(11-26)24-16)32-22(29)20-19(31-9-3-8-25)21(28)23(30,12-27)33-20/h6-7,10,13,19-21,24-28,30H,3-5,8-9,11-12H2,1-2H3. The first-order chi connectivity index (χ1) is 15.7. The zero-order valence-corrected chi connectivity index (χ0v) is 18.9. The first-order valence-electron chi connectivity index (χ1n) is 11.1. The number of aromatic amines is 1. The Kier molecular flexibility index (Phi) is 8.46. The molecule has 10 heteroatoms. The Balaban J connectivity index is 1.87. The van der Waals surface area contributed by atoms with Gasteiger partial charge in [0.05, 0.1) is 18.9 Å². The minimum absolute atomic E-state index is 0.0128. The molecule has 1 aromatic carbocycles. The Bertz CT molecular complexity index is 943. The highest BCUT2D eigenvalue weighted by molar-refractivity contribution is 5.91.